The first-order valence-electron chi connectivity index (χ1n) is 10.9. The summed E-state index contributed by atoms with van der Waals surface area (Å²) in [5, 5.41) is 16.4. The summed E-state index contributed by atoms with van der Waals surface area (Å²) in [6.07, 6.45) is 9.18. The molecule has 160 valence electrons. The molecule has 2 heterocycles. The fraction of sp³-hybridized carbons (Fsp3) is 0.773. The summed E-state index contributed by atoms with van der Waals surface area (Å²) in [5.41, 5.74) is -0.0310. The number of furan rings is 1. The second kappa shape index (κ2) is 12.8. The molecule has 1 aromatic heterocycles. The molecule has 0 saturated carbocycles. The molecule has 2 unspecified atom stereocenters. The minimum atomic E-state index is -0.0310. The molecule has 6 heteroatoms. The zero-order chi connectivity index (χ0) is 20.1. The summed E-state index contributed by atoms with van der Waals surface area (Å²) in [5.74, 6) is 2.49. The highest BCUT2D eigenvalue weighted by molar-refractivity contribution is 5.79. The van der Waals surface area contributed by atoms with Crippen molar-refractivity contribution in [1.82, 2.24) is 10.6 Å². The standard InChI is InChI=1S/C22H39N3O3/c1-3-5-7-19(4-2)16-24-21(23-12-9-20-8-6-14-28-20)25-17-22(10-13-26)11-15-27-18-22/h6,8,14,19,26H,3-5,7,9-13,15-18H2,1-2H3,(H2,23,24,25). The van der Waals surface area contributed by atoms with Gasteiger partial charge in [-0.05, 0) is 37.3 Å². The molecule has 2 rings (SSSR count). The van der Waals surface area contributed by atoms with Gasteiger partial charge in [0.25, 0.3) is 0 Å². The van der Waals surface area contributed by atoms with E-state index in [9.17, 15) is 5.11 Å². The van der Waals surface area contributed by atoms with Crippen LogP contribution in [0.3, 0.4) is 0 Å². The maximum absolute atomic E-state index is 9.45. The van der Waals surface area contributed by atoms with Gasteiger partial charge in [-0.2, -0.15) is 0 Å². The van der Waals surface area contributed by atoms with E-state index in [0.29, 0.717) is 19.1 Å². The normalized spacial score (nSPS) is 21.0. The van der Waals surface area contributed by atoms with Crippen LogP contribution in [-0.4, -0.2) is 50.5 Å². The van der Waals surface area contributed by atoms with Gasteiger partial charge in [0, 0.05) is 38.1 Å². The molecule has 1 fully saturated rings. The van der Waals surface area contributed by atoms with E-state index in [1.165, 1.54) is 25.7 Å². The largest absolute Gasteiger partial charge is 0.469 e. The van der Waals surface area contributed by atoms with E-state index >= 15 is 0 Å². The second-order valence-electron chi connectivity index (χ2n) is 7.99. The molecule has 28 heavy (non-hydrogen) atoms. The van der Waals surface area contributed by atoms with E-state index in [2.05, 4.69) is 24.5 Å². The SMILES string of the molecule is CCCCC(CC)CNC(=NCC1(CCO)CCOC1)NCCc1ccco1. The van der Waals surface area contributed by atoms with Crippen LogP contribution in [-0.2, 0) is 11.2 Å². The molecular formula is C22H39N3O3. The van der Waals surface area contributed by atoms with Crippen molar-refractivity contribution >= 4 is 5.96 Å². The van der Waals surface area contributed by atoms with Crippen molar-refractivity contribution in [3.63, 3.8) is 0 Å². The van der Waals surface area contributed by atoms with Gasteiger partial charge < -0.3 is 24.9 Å². The van der Waals surface area contributed by atoms with Gasteiger partial charge in [-0.3, -0.25) is 4.99 Å². The van der Waals surface area contributed by atoms with Crippen LogP contribution in [0.4, 0.5) is 0 Å². The maximum atomic E-state index is 9.45. The maximum Gasteiger partial charge on any atom is 0.191 e. The Kier molecular flexibility index (Phi) is 10.4. The van der Waals surface area contributed by atoms with Gasteiger partial charge >= 0.3 is 0 Å². The van der Waals surface area contributed by atoms with Crippen LogP contribution in [0.25, 0.3) is 0 Å². The third kappa shape index (κ3) is 7.84. The smallest absolute Gasteiger partial charge is 0.191 e. The Balaban J connectivity index is 1.93. The molecule has 3 N–H and O–H groups in total. The fourth-order valence-electron chi connectivity index (χ4n) is 3.65. The molecule has 0 bridgehead atoms. The number of rotatable bonds is 13. The van der Waals surface area contributed by atoms with Gasteiger partial charge in [0.2, 0.25) is 0 Å². The van der Waals surface area contributed by atoms with Crippen molar-refractivity contribution in [1.29, 1.82) is 0 Å². The lowest BCUT2D eigenvalue weighted by Gasteiger charge is -2.25. The summed E-state index contributed by atoms with van der Waals surface area (Å²) in [4.78, 5) is 4.87. The van der Waals surface area contributed by atoms with Crippen LogP contribution < -0.4 is 10.6 Å². The molecule has 2 atom stereocenters. The topological polar surface area (TPSA) is 79.0 Å². The number of nitrogens with one attached hydrogen (secondary N) is 2. The molecule has 1 aliphatic heterocycles. The molecule has 0 aliphatic carbocycles. The number of aliphatic imine (C=N–C) groups is 1. The lowest BCUT2D eigenvalue weighted by molar-refractivity contribution is 0.131. The van der Waals surface area contributed by atoms with E-state index in [1.54, 1.807) is 6.26 Å². The summed E-state index contributed by atoms with van der Waals surface area (Å²) >= 11 is 0. The summed E-state index contributed by atoms with van der Waals surface area (Å²) in [6, 6.07) is 3.91. The van der Waals surface area contributed by atoms with E-state index in [0.717, 1.165) is 50.7 Å². The average molecular weight is 394 g/mol. The van der Waals surface area contributed by atoms with Gasteiger partial charge in [-0.1, -0.05) is 33.1 Å². The third-order valence-corrected chi connectivity index (χ3v) is 5.75. The molecule has 6 nitrogen and oxygen atoms in total. The molecule has 1 aromatic rings. The number of unbranched alkanes of at least 4 members (excludes halogenated alkanes) is 1. The summed E-state index contributed by atoms with van der Waals surface area (Å²) in [7, 11) is 0. The van der Waals surface area contributed by atoms with Crippen LogP contribution in [0, 0.1) is 11.3 Å². The monoisotopic (exact) mass is 393 g/mol. The van der Waals surface area contributed by atoms with E-state index in [-0.39, 0.29) is 12.0 Å². The number of nitrogens with zero attached hydrogens (tertiary/aromatic N) is 1. The van der Waals surface area contributed by atoms with Gasteiger partial charge in [-0.25, -0.2) is 0 Å². The van der Waals surface area contributed by atoms with Crippen molar-refractivity contribution in [2.24, 2.45) is 16.3 Å². The molecule has 1 aliphatic rings. The number of aliphatic hydroxyl groups is 1. The van der Waals surface area contributed by atoms with Crippen LogP contribution in [0.15, 0.2) is 27.8 Å². The summed E-state index contributed by atoms with van der Waals surface area (Å²) in [6.45, 7) is 8.52. The molecule has 0 spiro atoms. The predicted octanol–water partition coefficient (Wildman–Crippen LogP) is 3.36. The predicted molar refractivity (Wildman–Crippen MR) is 114 cm³/mol. The number of ether oxygens (including phenoxy) is 1. The first-order chi connectivity index (χ1) is 13.7. The number of aliphatic hydroxyl groups excluding tert-OH is 1. The Morgan fingerprint density at radius 3 is 2.89 bits per heavy atom. The number of hydrogen-bond acceptors (Lipinski definition) is 4. The molecule has 1 saturated heterocycles. The lowest BCUT2D eigenvalue weighted by Crippen LogP contribution is -2.41. The summed E-state index contributed by atoms with van der Waals surface area (Å²) < 4.78 is 11.0. The van der Waals surface area contributed by atoms with Gasteiger partial charge in [0.1, 0.15) is 5.76 Å². The number of hydrogen-bond donors (Lipinski definition) is 3. The van der Waals surface area contributed by atoms with Crippen LogP contribution in [0.1, 0.15) is 58.1 Å². The van der Waals surface area contributed by atoms with Gasteiger partial charge in [-0.15, -0.1) is 0 Å². The molecule has 0 aromatic carbocycles. The van der Waals surface area contributed by atoms with Crippen molar-refractivity contribution < 1.29 is 14.3 Å². The zero-order valence-electron chi connectivity index (χ0n) is 17.7. The average Bonchev–Trinajstić information content (AvgIpc) is 3.38. The highest BCUT2D eigenvalue weighted by Gasteiger charge is 2.34. The highest BCUT2D eigenvalue weighted by atomic mass is 16.5. The van der Waals surface area contributed by atoms with Gasteiger partial charge in [0.15, 0.2) is 5.96 Å². The highest BCUT2D eigenvalue weighted by Crippen LogP contribution is 2.32. The molecule has 0 radical (unpaired) electrons. The van der Waals surface area contributed by atoms with Crippen molar-refractivity contribution in [3.8, 4) is 0 Å². The van der Waals surface area contributed by atoms with E-state index in [4.69, 9.17) is 14.1 Å². The van der Waals surface area contributed by atoms with Crippen LogP contribution in [0.2, 0.25) is 0 Å². The minimum Gasteiger partial charge on any atom is -0.469 e. The van der Waals surface area contributed by atoms with Crippen LogP contribution in [0.5, 0.6) is 0 Å². The molecular weight excluding hydrogens is 354 g/mol. The third-order valence-electron chi connectivity index (χ3n) is 5.75. The zero-order valence-corrected chi connectivity index (χ0v) is 17.7. The first kappa shape index (κ1) is 22.8. The lowest BCUT2D eigenvalue weighted by atomic mass is 9.84. The van der Waals surface area contributed by atoms with E-state index in [1.807, 2.05) is 12.1 Å². The Morgan fingerprint density at radius 2 is 2.25 bits per heavy atom. The van der Waals surface area contributed by atoms with Gasteiger partial charge in [0.05, 0.1) is 19.4 Å². The minimum absolute atomic E-state index is 0.0310. The Morgan fingerprint density at radius 1 is 1.36 bits per heavy atom. The quantitative estimate of drug-likeness (QED) is 0.354. The number of guanidine groups is 1. The second-order valence-corrected chi connectivity index (χ2v) is 7.99. The van der Waals surface area contributed by atoms with Crippen molar-refractivity contribution in [2.45, 2.75) is 58.8 Å². The Bertz CT molecular complexity index is 539. The van der Waals surface area contributed by atoms with Crippen molar-refractivity contribution in [2.75, 3.05) is 39.5 Å². The Labute approximate surface area is 170 Å². The molecule has 0 amide bonds. The Hall–Kier alpha value is -1.53. The fourth-order valence-corrected chi connectivity index (χ4v) is 3.65. The van der Waals surface area contributed by atoms with E-state index < -0.39 is 0 Å². The van der Waals surface area contributed by atoms with Crippen molar-refractivity contribution in [3.05, 3.63) is 24.2 Å². The van der Waals surface area contributed by atoms with Crippen LogP contribution >= 0.6 is 0 Å². The first-order valence-corrected chi connectivity index (χ1v) is 10.9.